The molecule has 0 aliphatic carbocycles. The fraction of sp³-hybridized carbons (Fsp3) is 0.261. The summed E-state index contributed by atoms with van der Waals surface area (Å²) in [5.41, 5.74) is 1.59. The zero-order valence-electron chi connectivity index (χ0n) is 16.0. The predicted octanol–water partition coefficient (Wildman–Crippen LogP) is 4.06. The van der Waals surface area contributed by atoms with Gasteiger partial charge in [-0.05, 0) is 37.1 Å². The van der Waals surface area contributed by atoms with Gasteiger partial charge < -0.3 is 14.4 Å². The van der Waals surface area contributed by atoms with Crippen molar-refractivity contribution in [3.8, 4) is 17.7 Å². The van der Waals surface area contributed by atoms with E-state index in [2.05, 4.69) is 11.1 Å². The smallest absolute Gasteiger partial charge is 0.249 e. The van der Waals surface area contributed by atoms with E-state index in [0.717, 1.165) is 29.3 Å². The van der Waals surface area contributed by atoms with Crippen LogP contribution in [0.5, 0.6) is 11.6 Å². The molecule has 1 atom stereocenters. The van der Waals surface area contributed by atoms with Crippen molar-refractivity contribution >= 4 is 16.8 Å². The van der Waals surface area contributed by atoms with Gasteiger partial charge in [-0.1, -0.05) is 36.4 Å². The third-order valence-electron chi connectivity index (χ3n) is 4.93. The maximum atomic E-state index is 12.4. The summed E-state index contributed by atoms with van der Waals surface area (Å²) in [6.45, 7) is 0.729. The molecule has 1 saturated heterocycles. The minimum atomic E-state index is -0.342. The second kappa shape index (κ2) is 8.72. The Balaban J connectivity index is 1.50. The molecule has 6 nitrogen and oxygen atoms in total. The van der Waals surface area contributed by atoms with Crippen molar-refractivity contribution in [2.45, 2.75) is 25.5 Å². The molecular weight excluding hydrogens is 366 g/mol. The van der Waals surface area contributed by atoms with Crippen LogP contribution in [-0.2, 0) is 16.1 Å². The van der Waals surface area contributed by atoms with Crippen molar-refractivity contribution in [1.29, 1.82) is 5.26 Å². The molecule has 1 amide bonds. The molecule has 0 bridgehead atoms. The Morgan fingerprint density at radius 3 is 2.79 bits per heavy atom. The Hall–Kier alpha value is -3.43. The van der Waals surface area contributed by atoms with Crippen molar-refractivity contribution in [3.05, 3.63) is 66.2 Å². The van der Waals surface area contributed by atoms with Crippen molar-refractivity contribution in [2.75, 3.05) is 13.2 Å². The third-order valence-corrected chi connectivity index (χ3v) is 4.93. The van der Waals surface area contributed by atoms with Crippen LogP contribution in [0, 0.1) is 11.3 Å². The number of amides is 1. The number of pyridine rings is 1. The van der Waals surface area contributed by atoms with Crippen molar-refractivity contribution in [2.24, 2.45) is 0 Å². The molecule has 1 unspecified atom stereocenters. The summed E-state index contributed by atoms with van der Waals surface area (Å²) < 4.78 is 11.7. The van der Waals surface area contributed by atoms with E-state index < -0.39 is 0 Å². The molecule has 0 saturated carbocycles. The van der Waals surface area contributed by atoms with Gasteiger partial charge in [0.1, 0.15) is 18.4 Å². The molecular formula is C23H21N3O3. The third kappa shape index (κ3) is 4.36. The van der Waals surface area contributed by atoms with Gasteiger partial charge in [0, 0.05) is 17.5 Å². The lowest BCUT2D eigenvalue weighted by Gasteiger charge is -2.19. The van der Waals surface area contributed by atoms with Gasteiger partial charge in [0.2, 0.25) is 11.8 Å². The number of likely N-dealkylation sites (tertiary alicyclic amines) is 1. The first-order chi connectivity index (χ1) is 14.2. The Kier molecular flexibility index (Phi) is 5.68. The van der Waals surface area contributed by atoms with Gasteiger partial charge in [-0.2, -0.15) is 5.26 Å². The second-order valence-corrected chi connectivity index (χ2v) is 6.93. The Morgan fingerprint density at radius 1 is 1.17 bits per heavy atom. The normalized spacial score (nSPS) is 16.0. The van der Waals surface area contributed by atoms with Crippen molar-refractivity contribution in [1.82, 2.24) is 9.88 Å². The molecule has 2 heterocycles. The number of carbonyl (C=O) groups is 1. The fourth-order valence-electron chi connectivity index (χ4n) is 3.46. The molecule has 29 heavy (non-hydrogen) atoms. The highest BCUT2D eigenvalue weighted by Crippen LogP contribution is 2.27. The number of benzene rings is 2. The van der Waals surface area contributed by atoms with Crippen LogP contribution < -0.4 is 4.74 Å². The average Bonchev–Trinajstić information content (AvgIpc) is 3.24. The van der Waals surface area contributed by atoms with Crippen LogP contribution >= 0.6 is 0 Å². The summed E-state index contributed by atoms with van der Waals surface area (Å²) in [5.74, 6) is 0.980. The quantitative estimate of drug-likeness (QED) is 0.638. The van der Waals surface area contributed by atoms with E-state index in [1.54, 1.807) is 4.90 Å². The maximum Gasteiger partial charge on any atom is 0.249 e. The van der Waals surface area contributed by atoms with E-state index >= 15 is 0 Å². The number of ether oxygens (including phenoxy) is 2. The first kappa shape index (κ1) is 18.9. The van der Waals surface area contributed by atoms with Crippen LogP contribution in [-0.4, -0.2) is 35.0 Å². The highest BCUT2D eigenvalue weighted by Gasteiger charge is 2.28. The summed E-state index contributed by atoms with van der Waals surface area (Å²) in [4.78, 5) is 18.6. The van der Waals surface area contributed by atoms with E-state index in [1.165, 1.54) is 0 Å². The van der Waals surface area contributed by atoms with Crippen LogP contribution in [0.25, 0.3) is 10.9 Å². The van der Waals surface area contributed by atoms with Gasteiger partial charge in [-0.25, -0.2) is 4.98 Å². The number of hydrogen-bond acceptors (Lipinski definition) is 5. The van der Waals surface area contributed by atoms with Gasteiger partial charge in [-0.3, -0.25) is 4.79 Å². The van der Waals surface area contributed by atoms with Gasteiger partial charge in [0.15, 0.2) is 0 Å². The summed E-state index contributed by atoms with van der Waals surface area (Å²) in [5, 5.41) is 10.1. The van der Waals surface area contributed by atoms with Crippen LogP contribution in [0.1, 0.15) is 18.4 Å². The molecule has 4 rings (SSSR count). The lowest BCUT2D eigenvalue weighted by atomic mass is 10.1. The minimum absolute atomic E-state index is 0.0736. The molecule has 0 radical (unpaired) electrons. The first-order valence-electron chi connectivity index (χ1n) is 9.63. The van der Waals surface area contributed by atoms with E-state index in [0.29, 0.717) is 18.2 Å². The highest BCUT2D eigenvalue weighted by molar-refractivity contribution is 5.80. The number of carbonyl (C=O) groups excluding carboxylic acids is 1. The van der Waals surface area contributed by atoms with E-state index in [-0.39, 0.29) is 25.2 Å². The number of rotatable bonds is 6. The molecule has 1 aromatic heterocycles. The molecule has 1 aliphatic rings. The molecule has 1 fully saturated rings. The summed E-state index contributed by atoms with van der Waals surface area (Å²) in [6.07, 6.45) is 1.58. The Morgan fingerprint density at radius 2 is 1.97 bits per heavy atom. The van der Waals surface area contributed by atoms with Crippen LogP contribution in [0.15, 0.2) is 60.7 Å². The zero-order chi connectivity index (χ0) is 20.1. The molecule has 1 aliphatic heterocycles. The van der Waals surface area contributed by atoms with Gasteiger partial charge in [0.05, 0.1) is 18.2 Å². The van der Waals surface area contributed by atoms with Crippen LogP contribution in [0.4, 0.5) is 0 Å². The number of nitriles is 1. The highest BCUT2D eigenvalue weighted by atomic mass is 16.5. The molecule has 0 N–H and O–H groups in total. The summed E-state index contributed by atoms with van der Waals surface area (Å²) >= 11 is 0. The topological polar surface area (TPSA) is 75.5 Å². The predicted molar refractivity (Wildman–Crippen MR) is 108 cm³/mol. The zero-order valence-corrected chi connectivity index (χ0v) is 16.0. The molecule has 6 heteroatoms. The number of nitrogens with zero attached hydrogens (tertiary/aromatic N) is 3. The van der Waals surface area contributed by atoms with Crippen LogP contribution in [0.2, 0.25) is 0 Å². The summed E-state index contributed by atoms with van der Waals surface area (Å²) in [6, 6.07) is 21.0. The van der Waals surface area contributed by atoms with E-state index in [1.807, 2.05) is 60.7 Å². The van der Waals surface area contributed by atoms with E-state index in [9.17, 15) is 4.79 Å². The fourth-order valence-corrected chi connectivity index (χ4v) is 3.46. The molecule has 2 aromatic carbocycles. The maximum absolute atomic E-state index is 12.4. The lowest BCUT2D eigenvalue weighted by molar-refractivity contribution is -0.136. The van der Waals surface area contributed by atoms with Crippen molar-refractivity contribution in [3.63, 3.8) is 0 Å². The number of aromatic nitrogens is 1. The van der Waals surface area contributed by atoms with Crippen LogP contribution in [0.3, 0.4) is 0 Å². The second-order valence-electron chi connectivity index (χ2n) is 6.93. The standard InChI is InChI=1S/C23H21N3O3/c24-14-19-8-6-12-26(19)22(27)16-28-15-18-13-17-7-4-5-11-21(17)25-23(18)29-20-9-2-1-3-10-20/h1-5,7,9-11,13,19H,6,8,12,15-16H2. The molecule has 146 valence electrons. The van der Waals surface area contributed by atoms with Gasteiger partial charge in [0.25, 0.3) is 0 Å². The van der Waals surface area contributed by atoms with E-state index in [4.69, 9.17) is 14.7 Å². The molecule has 0 spiro atoms. The lowest BCUT2D eigenvalue weighted by Crippen LogP contribution is -2.37. The first-order valence-corrected chi connectivity index (χ1v) is 9.63. The minimum Gasteiger partial charge on any atom is -0.439 e. The Labute approximate surface area is 169 Å². The Bertz CT molecular complexity index is 1050. The SMILES string of the molecule is N#CC1CCCN1C(=O)COCc1cc2ccccc2nc1Oc1ccccc1. The number of fused-ring (bicyclic) bond motifs is 1. The number of hydrogen-bond donors (Lipinski definition) is 0. The molecule has 3 aromatic rings. The van der Waals surface area contributed by atoms with Gasteiger partial charge >= 0.3 is 0 Å². The van der Waals surface area contributed by atoms with Crippen molar-refractivity contribution < 1.29 is 14.3 Å². The summed E-state index contributed by atoms with van der Waals surface area (Å²) in [7, 11) is 0. The number of para-hydroxylation sites is 2. The largest absolute Gasteiger partial charge is 0.439 e. The van der Waals surface area contributed by atoms with Gasteiger partial charge in [-0.15, -0.1) is 0 Å². The monoisotopic (exact) mass is 387 g/mol. The average molecular weight is 387 g/mol.